The number of aliphatic carboxylic acids is 1. The molecule has 1 aliphatic carbocycles. The van der Waals surface area contributed by atoms with Crippen molar-refractivity contribution in [1.82, 2.24) is 0 Å². The van der Waals surface area contributed by atoms with E-state index in [1.807, 2.05) is 54.6 Å². The monoisotopic (exact) mass is 490 g/mol. The molecule has 3 aromatic rings. The van der Waals surface area contributed by atoms with Gasteiger partial charge in [0.1, 0.15) is 5.75 Å². The van der Waals surface area contributed by atoms with Gasteiger partial charge in [0.2, 0.25) is 0 Å². The summed E-state index contributed by atoms with van der Waals surface area (Å²) in [6, 6.07) is 21.7. The first kappa shape index (κ1) is 23.9. The van der Waals surface area contributed by atoms with Crippen LogP contribution in [0.25, 0.3) is 22.3 Å². The lowest BCUT2D eigenvalue weighted by atomic mass is 9.86. The molecule has 0 spiro atoms. The van der Waals surface area contributed by atoms with E-state index in [1.165, 1.54) is 5.56 Å². The summed E-state index contributed by atoms with van der Waals surface area (Å²) < 4.78 is 5.69. The van der Waals surface area contributed by atoms with Crippen LogP contribution >= 0.6 is 23.2 Å². The average Bonchev–Trinajstić information content (AvgIpc) is 3.18. The van der Waals surface area contributed by atoms with Gasteiger partial charge in [-0.25, -0.2) is 4.79 Å². The van der Waals surface area contributed by atoms with Crippen LogP contribution in [0.1, 0.15) is 41.2 Å². The van der Waals surface area contributed by atoms with Gasteiger partial charge in [-0.3, -0.25) is 0 Å². The maximum absolute atomic E-state index is 10.9. The molecular formula is C29H24Cl2O3. The molecule has 0 heterocycles. The highest BCUT2D eigenvalue weighted by atomic mass is 35.5. The fraction of sp³-hybridized carbons (Fsp3) is 0.138. The van der Waals surface area contributed by atoms with Crippen molar-refractivity contribution in [2.24, 2.45) is 0 Å². The summed E-state index contributed by atoms with van der Waals surface area (Å²) in [7, 11) is 1.64. The van der Waals surface area contributed by atoms with Gasteiger partial charge in [0.25, 0.3) is 0 Å². The second-order valence-corrected chi connectivity index (χ2v) is 8.79. The molecule has 0 fully saturated rings. The first-order valence-electron chi connectivity index (χ1n) is 11.0. The number of methoxy groups -OCH3 is 1. The van der Waals surface area contributed by atoms with Gasteiger partial charge in [-0.15, -0.1) is 0 Å². The zero-order valence-electron chi connectivity index (χ0n) is 18.9. The number of hydrogen-bond acceptors (Lipinski definition) is 2. The topological polar surface area (TPSA) is 46.5 Å². The number of allylic oxidation sites excluding steroid dienone is 3. The zero-order chi connectivity index (χ0) is 24.2. The van der Waals surface area contributed by atoms with Crippen molar-refractivity contribution in [3.8, 4) is 5.75 Å². The van der Waals surface area contributed by atoms with Crippen molar-refractivity contribution in [3.63, 3.8) is 0 Å². The average molecular weight is 491 g/mol. The van der Waals surface area contributed by atoms with E-state index in [0.717, 1.165) is 62.9 Å². The quantitative estimate of drug-likeness (QED) is 0.269. The summed E-state index contributed by atoms with van der Waals surface area (Å²) in [5.41, 5.74) is 8.24. The van der Waals surface area contributed by atoms with Crippen LogP contribution in [0.2, 0.25) is 5.02 Å². The molecule has 3 nitrogen and oxygen atoms in total. The molecule has 1 N–H and O–H groups in total. The predicted octanol–water partition coefficient (Wildman–Crippen LogP) is 7.97. The minimum Gasteiger partial charge on any atom is -0.496 e. The van der Waals surface area contributed by atoms with Crippen LogP contribution in [-0.2, 0) is 11.2 Å². The highest BCUT2D eigenvalue weighted by molar-refractivity contribution is 6.51. The SMILES string of the molecule is CC/C(=C(\C1=C(Cl)c2ccccc2C1)c1ccc(/C=C/C(=O)O)cc1)c1ccc(Cl)cc1OC. The largest absolute Gasteiger partial charge is 0.496 e. The molecule has 0 saturated heterocycles. The molecule has 0 aliphatic heterocycles. The third kappa shape index (κ3) is 4.82. The molecule has 0 amide bonds. The third-order valence-corrected chi connectivity index (χ3v) is 6.62. The van der Waals surface area contributed by atoms with Crippen molar-refractivity contribution < 1.29 is 14.6 Å². The van der Waals surface area contributed by atoms with Gasteiger partial charge in [-0.05, 0) is 69.7 Å². The van der Waals surface area contributed by atoms with E-state index in [-0.39, 0.29) is 0 Å². The maximum atomic E-state index is 10.9. The van der Waals surface area contributed by atoms with E-state index >= 15 is 0 Å². The van der Waals surface area contributed by atoms with Crippen LogP contribution < -0.4 is 4.74 Å². The molecular weight excluding hydrogens is 467 g/mol. The summed E-state index contributed by atoms with van der Waals surface area (Å²) in [4.78, 5) is 10.9. The number of ether oxygens (including phenoxy) is 1. The van der Waals surface area contributed by atoms with Crippen molar-refractivity contribution in [1.29, 1.82) is 0 Å². The van der Waals surface area contributed by atoms with Crippen LogP contribution in [0.15, 0.2) is 78.4 Å². The van der Waals surface area contributed by atoms with E-state index in [1.54, 1.807) is 13.2 Å². The zero-order valence-corrected chi connectivity index (χ0v) is 20.5. The number of carboxylic acids is 1. The third-order valence-electron chi connectivity index (χ3n) is 5.95. The number of carboxylic acid groups (broad SMARTS) is 1. The van der Waals surface area contributed by atoms with Gasteiger partial charge < -0.3 is 9.84 Å². The number of fused-ring (bicyclic) bond motifs is 1. The van der Waals surface area contributed by atoms with Crippen molar-refractivity contribution >= 4 is 51.4 Å². The first-order chi connectivity index (χ1) is 16.4. The molecule has 3 aromatic carbocycles. The Bertz CT molecular complexity index is 1330. The highest BCUT2D eigenvalue weighted by Gasteiger charge is 2.26. The smallest absolute Gasteiger partial charge is 0.328 e. The van der Waals surface area contributed by atoms with Gasteiger partial charge in [0, 0.05) is 23.1 Å². The Morgan fingerprint density at radius 2 is 1.79 bits per heavy atom. The second kappa shape index (κ2) is 10.3. The fourth-order valence-electron chi connectivity index (χ4n) is 4.39. The summed E-state index contributed by atoms with van der Waals surface area (Å²) in [5.74, 6) is -0.275. The minimum absolute atomic E-state index is 0.609. The number of carbonyl (C=O) groups is 1. The van der Waals surface area contributed by atoms with Crippen LogP contribution in [0.3, 0.4) is 0 Å². The summed E-state index contributed by atoms with van der Waals surface area (Å²) >= 11 is 13.2. The molecule has 0 atom stereocenters. The van der Waals surface area contributed by atoms with E-state index in [0.29, 0.717) is 10.8 Å². The molecule has 34 heavy (non-hydrogen) atoms. The number of hydrogen-bond donors (Lipinski definition) is 1. The van der Waals surface area contributed by atoms with E-state index in [9.17, 15) is 4.79 Å². The second-order valence-electron chi connectivity index (χ2n) is 7.97. The van der Waals surface area contributed by atoms with Gasteiger partial charge in [0.15, 0.2) is 0 Å². The standard InChI is InChI=1S/C29H24Cl2O3/c1-3-22(24-14-13-21(30)17-26(24)34-2)28(19-11-8-18(9-12-19)10-15-27(32)33)25-16-20-6-4-5-7-23(20)29(25)31/h4-15,17H,3,16H2,1-2H3,(H,32,33)/b15-10+,28-22+. The molecule has 4 rings (SSSR count). The lowest BCUT2D eigenvalue weighted by molar-refractivity contribution is -0.131. The first-order valence-corrected chi connectivity index (χ1v) is 11.7. The summed E-state index contributed by atoms with van der Waals surface area (Å²) in [6.07, 6.45) is 4.19. The molecule has 1 aliphatic rings. The van der Waals surface area contributed by atoms with E-state index in [2.05, 4.69) is 19.1 Å². The van der Waals surface area contributed by atoms with Gasteiger partial charge in [-0.1, -0.05) is 78.7 Å². The fourth-order valence-corrected chi connectivity index (χ4v) is 4.90. The molecule has 0 aromatic heterocycles. The van der Waals surface area contributed by atoms with Crippen LogP contribution in [0, 0.1) is 0 Å². The highest BCUT2D eigenvalue weighted by Crippen LogP contribution is 2.46. The van der Waals surface area contributed by atoms with E-state index < -0.39 is 5.97 Å². The minimum atomic E-state index is -0.978. The van der Waals surface area contributed by atoms with Crippen molar-refractivity contribution in [2.75, 3.05) is 7.11 Å². The summed E-state index contributed by atoms with van der Waals surface area (Å²) in [5, 5.41) is 10.3. The van der Waals surface area contributed by atoms with Crippen molar-refractivity contribution in [2.45, 2.75) is 19.8 Å². The molecule has 172 valence electrons. The van der Waals surface area contributed by atoms with Crippen LogP contribution in [-0.4, -0.2) is 18.2 Å². The Labute approximate surface area is 209 Å². The van der Waals surface area contributed by atoms with E-state index in [4.69, 9.17) is 33.0 Å². The Morgan fingerprint density at radius 1 is 1.06 bits per heavy atom. The number of rotatable bonds is 7. The molecule has 0 unspecified atom stereocenters. The van der Waals surface area contributed by atoms with Gasteiger partial charge >= 0.3 is 5.97 Å². The van der Waals surface area contributed by atoms with Gasteiger partial charge in [-0.2, -0.15) is 0 Å². The Balaban J connectivity index is 1.94. The lowest BCUT2D eigenvalue weighted by Gasteiger charge is -2.20. The molecule has 5 heteroatoms. The Kier molecular flexibility index (Phi) is 7.26. The summed E-state index contributed by atoms with van der Waals surface area (Å²) in [6.45, 7) is 2.11. The van der Waals surface area contributed by atoms with Crippen LogP contribution in [0.5, 0.6) is 5.75 Å². The Morgan fingerprint density at radius 3 is 2.44 bits per heavy atom. The van der Waals surface area contributed by atoms with Crippen LogP contribution in [0.4, 0.5) is 0 Å². The van der Waals surface area contributed by atoms with Gasteiger partial charge in [0.05, 0.1) is 12.1 Å². The predicted molar refractivity (Wildman–Crippen MR) is 141 cm³/mol. The number of halogens is 2. The van der Waals surface area contributed by atoms with Crippen molar-refractivity contribution in [3.05, 3.63) is 111 Å². The molecule has 0 bridgehead atoms. The number of benzene rings is 3. The molecule has 0 saturated carbocycles. The normalized spacial score (nSPS) is 13.8. The molecule has 0 radical (unpaired) electrons. The Hall–Kier alpha value is -3.27. The lowest BCUT2D eigenvalue weighted by Crippen LogP contribution is -1.99. The maximum Gasteiger partial charge on any atom is 0.328 e.